The molecule has 102 valence electrons. The van der Waals surface area contributed by atoms with E-state index < -0.39 is 11.7 Å². The van der Waals surface area contributed by atoms with Crippen molar-refractivity contribution in [1.82, 2.24) is 0 Å². The lowest BCUT2D eigenvalue weighted by atomic mass is 10.0. The summed E-state index contributed by atoms with van der Waals surface area (Å²) in [5, 5.41) is 9.84. The number of ether oxygens (including phenoxy) is 2. The van der Waals surface area contributed by atoms with Crippen molar-refractivity contribution >= 4 is 0 Å². The van der Waals surface area contributed by atoms with Gasteiger partial charge in [0, 0.05) is 13.7 Å². The lowest BCUT2D eigenvalue weighted by Crippen LogP contribution is -2.41. The number of hydrogen-bond donors (Lipinski definition) is 1. The Morgan fingerprint density at radius 1 is 1.22 bits per heavy atom. The van der Waals surface area contributed by atoms with Crippen molar-refractivity contribution in [2.75, 3.05) is 20.3 Å². The minimum absolute atomic E-state index is 0.315. The summed E-state index contributed by atoms with van der Waals surface area (Å²) >= 11 is 0. The van der Waals surface area contributed by atoms with Crippen LogP contribution in [0.3, 0.4) is 0 Å². The van der Waals surface area contributed by atoms with Gasteiger partial charge in [0.25, 0.3) is 0 Å². The number of methoxy groups -OCH3 is 1. The molecule has 3 heteroatoms. The van der Waals surface area contributed by atoms with Crippen molar-refractivity contribution in [3.63, 3.8) is 0 Å². The first-order valence-electron chi connectivity index (χ1n) is 6.41. The van der Waals surface area contributed by atoms with Gasteiger partial charge in [-0.1, -0.05) is 30.3 Å². The summed E-state index contributed by atoms with van der Waals surface area (Å²) < 4.78 is 10.7. The normalized spacial score (nSPS) is 13.6. The second kappa shape index (κ2) is 7.52. The van der Waals surface area contributed by atoms with Gasteiger partial charge >= 0.3 is 0 Å². The molecule has 1 aromatic rings. The Bertz CT molecular complexity index is 322. The first-order valence-corrected chi connectivity index (χ1v) is 6.41. The molecule has 0 amide bonds. The van der Waals surface area contributed by atoms with E-state index in [0.717, 1.165) is 12.8 Å². The minimum Gasteiger partial charge on any atom is -0.388 e. The zero-order valence-electron chi connectivity index (χ0n) is 11.6. The Kier molecular flexibility index (Phi) is 6.33. The predicted octanol–water partition coefficient (Wildman–Crippen LogP) is 2.42. The maximum absolute atomic E-state index is 9.84. The summed E-state index contributed by atoms with van der Waals surface area (Å²) in [5.74, 6) is 0. The molecule has 3 nitrogen and oxygen atoms in total. The summed E-state index contributed by atoms with van der Waals surface area (Å²) in [4.78, 5) is 0. The van der Waals surface area contributed by atoms with Gasteiger partial charge in [-0.25, -0.2) is 0 Å². The number of hydrogen-bond acceptors (Lipinski definition) is 3. The van der Waals surface area contributed by atoms with Crippen molar-refractivity contribution in [3.05, 3.63) is 35.9 Å². The molecule has 1 N–H and O–H groups in total. The van der Waals surface area contributed by atoms with Gasteiger partial charge in [-0.05, 0) is 32.3 Å². The first-order chi connectivity index (χ1) is 8.56. The van der Waals surface area contributed by atoms with Crippen LogP contribution in [-0.2, 0) is 15.9 Å². The number of aliphatic hydroxyl groups excluding tert-OH is 1. The molecule has 0 aliphatic rings. The van der Waals surface area contributed by atoms with Crippen LogP contribution in [0.1, 0.15) is 25.8 Å². The Balaban J connectivity index is 2.12. The second-order valence-electron chi connectivity index (χ2n) is 4.99. The Morgan fingerprint density at radius 3 is 2.50 bits per heavy atom. The molecule has 0 heterocycles. The Morgan fingerprint density at radius 2 is 1.89 bits per heavy atom. The zero-order valence-corrected chi connectivity index (χ0v) is 11.6. The smallest absolute Gasteiger partial charge is 0.106 e. The Labute approximate surface area is 110 Å². The average molecular weight is 252 g/mol. The first kappa shape index (κ1) is 15.2. The molecule has 1 rings (SSSR count). The zero-order chi connectivity index (χ0) is 13.4. The summed E-state index contributed by atoms with van der Waals surface area (Å²) in [6.45, 7) is 4.68. The third kappa shape index (κ3) is 5.17. The molecule has 0 saturated heterocycles. The van der Waals surface area contributed by atoms with Crippen molar-refractivity contribution in [2.45, 2.75) is 38.4 Å². The predicted molar refractivity (Wildman–Crippen MR) is 72.7 cm³/mol. The van der Waals surface area contributed by atoms with Crippen LogP contribution in [0, 0.1) is 0 Å². The van der Waals surface area contributed by atoms with Gasteiger partial charge in [0.15, 0.2) is 0 Å². The van der Waals surface area contributed by atoms with Gasteiger partial charge in [0.1, 0.15) is 6.10 Å². The third-order valence-corrected chi connectivity index (χ3v) is 3.20. The van der Waals surface area contributed by atoms with Gasteiger partial charge in [0.05, 0.1) is 12.2 Å². The molecule has 0 saturated carbocycles. The van der Waals surface area contributed by atoms with Gasteiger partial charge in [-0.15, -0.1) is 0 Å². The fourth-order valence-corrected chi connectivity index (χ4v) is 1.55. The van der Waals surface area contributed by atoms with E-state index >= 15 is 0 Å². The SMILES string of the molecule is COC(C)(C)C(O)COCCCc1ccccc1. The average Bonchev–Trinajstić information content (AvgIpc) is 2.39. The molecule has 0 aliphatic carbocycles. The van der Waals surface area contributed by atoms with Crippen LogP contribution in [0.25, 0.3) is 0 Å². The molecular weight excluding hydrogens is 228 g/mol. The standard InChI is InChI=1S/C15H24O3/c1-15(2,17-3)14(16)12-18-11-7-10-13-8-5-4-6-9-13/h4-6,8-9,14,16H,7,10-12H2,1-3H3. The summed E-state index contributed by atoms with van der Waals surface area (Å²) in [5.41, 5.74) is 0.762. The van der Waals surface area contributed by atoms with Crippen molar-refractivity contribution in [1.29, 1.82) is 0 Å². The molecule has 0 bridgehead atoms. The summed E-state index contributed by atoms with van der Waals surface area (Å²) in [6, 6.07) is 10.3. The van der Waals surface area contributed by atoms with Crippen molar-refractivity contribution < 1.29 is 14.6 Å². The molecule has 1 unspecified atom stereocenters. The fourth-order valence-electron chi connectivity index (χ4n) is 1.55. The third-order valence-electron chi connectivity index (χ3n) is 3.20. The van der Waals surface area contributed by atoms with Gasteiger partial charge < -0.3 is 14.6 Å². The number of aliphatic hydroxyl groups is 1. The van der Waals surface area contributed by atoms with E-state index in [0.29, 0.717) is 13.2 Å². The summed E-state index contributed by atoms with van der Waals surface area (Å²) in [6.07, 6.45) is 1.37. The lowest BCUT2D eigenvalue weighted by Gasteiger charge is -2.28. The van der Waals surface area contributed by atoms with E-state index in [1.807, 2.05) is 32.0 Å². The van der Waals surface area contributed by atoms with E-state index in [1.165, 1.54) is 5.56 Å². The van der Waals surface area contributed by atoms with Crippen LogP contribution in [-0.4, -0.2) is 37.1 Å². The highest BCUT2D eigenvalue weighted by Crippen LogP contribution is 2.13. The van der Waals surface area contributed by atoms with E-state index in [2.05, 4.69) is 12.1 Å². The van der Waals surface area contributed by atoms with E-state index in [9.17, 15) is 5.11 Å². The van der Waals surface area contributed by atoms with Crippen LogP contribution >= 0.6 is 0 Å². The topological polar surface area (TPSA) is 38.7 Å². The number of aryl methyl sites for hydroxylation is 1. The minimum atomic E-state index is -0.598. The van der Waals surface area contributed by atoms with Crippen molar-refractivity contribution in [2.24, 2.45) is 0 Å². The molecule has 1 atom stereocenters. The van der Waals surface area contributed by atoms with E-state index in [1.54, 1.807) is 7.11 Å². The van der Waals surface area contributed by atoms with Crippen molar-refractivity contribution in [3.8, 4) is 0 Å². The van der Waals surface area contributed by atoms with E-state index in [-0.39, 0.29) is 0 Å². The lowest BCUT2D eigenvalue weighted by molar-refractivity contribution is -0.107. The summed E-state index contributed by atoms with van der Waals surface area (Å²) in [7, 11) is 1.60. The molecule has 0 fully saturated rings. The highest BCUT2D eigenvalue weighted by atomic mass is 16.5. The van der Waals surface area contributed by atoms with Crippen LogP contribution in [0.4, 0.5) is 0 Å². The van der Waals surface area contributed by atoms with Gasteiger partial charge in [-0.2, -0.15) is 0 Å². The quantitative estimate of drug-likeness (QED) is 0.722. The largest absolute Gasteiger partial charge is 0.388 e. The molecule has 0 radical (unpaired) electrons. The maximum atomic E-state index is 9.84. The van der Waals surface area contributed by atoms with Gasteiger partial charge in [-0.3, -0.25) is 0 Å². The van der Waals surface area contributed by atoms with Crippen LogP contribution in [0.2, 0.25) is 0 Å². The van der Waals surface area contributed by atoms with E-state index in [4.69, 9.17) is 9.47 Å². The highest BCUT2D eigenvalue weighted by Gasteiger charge is 2.27. The van der Waals surface area contributed by atoms with Crippen LogP contribution in [0.15, 0.2) is 30.3 Å². The monoisotopic (exact) mass is 252 g/mol. The second-order valence-corrected chi connectivity index (χ2v) is 4.99. The molecule has 0 spiro atoms. The molecule has 0 aromatic heterocycles. The molecule has 18 heavy (non-hydrogen) atoms. The Hall–Kier alpha value is -0.900. The molecular formula is C15H24O3. The fraction of sp³-hybridized carbons (Fsp3) is 0.600. The molecule has 1 aromatic carbocycles. The highest BCUT2D eigenvalue weighted by molar-refractivity contribution is 5.14. The maximum Gasteiger partial charge on any atom is 0.106 e. The molecule has 0 aliphatic heterocycles. The number of benzene rings is 1. The van der Waals surface area contributed by atoms with Crippen LogP contribution in [0.5, 0.6) is 0 Å². The number of rotatable bonds is 8. The van der Waals surface area contributed by atoms with Gasteiger partial charge in [0.2, 0.25) is 0 Å². The van der Waals surface area contributed by atoms with Crippen LogP contribution < -0.4 is 0 Å².